The third-order valence-corrected chi connectivity index (χ3v) is 4.90. The first-order valence-corrected chi connectivity index (χ1v) is 10.2. The number of aromatic nitrogens is 2. The van der Waals surface area contributed by atoms with Crippen LogP contribution >= 0.6 is 0 Å². The average Bonchev–Trinajstić information content (AvgIpc) is 2.82. The van der Waals surface area contributed by atoms with Gasteiger partial charge in [0, 0.05) is 18.3 Å². The van der Waals surface area contributed by atoms with Crippen LogP contribution in [0.1, 0.15) is 24.1 Å². The van der Waals surface area contributed by atoms with Crippen molar-refractivity contribution >= 4 is 34.6 Å². The molecule has 3 aromatic carbocycles. The summed E-state index contributed by atoms with van der Waals surface area (Å²) in [5, 5.41) is 9.43. The number of anilines is 5. The molecule has 0 aliphatic heterocycles. The molecule has 0 aliphatic carbocycles. The number of hydrogen-bond acceptors (Lipinski definition) is 6. The molecule has 7 nitrogen and oxygen atoms in total. The van der Waals surface area contributed by atoms with Crippen LogP contribution in [0, 0.1) is 0 Å². The number of nitrogens with one attached hydrogen (secondary N) is 3. The lowest BCUT2D eigenvalue weighted by molar-refractivity contribution is -0.114. The maximum Gasteiger partial charge on any atom is 0.221 e. The summed E-state index contributed by atoms with van der Waals surface area (Å²) < 4.78 is 0. The van der Waals surface area contributed by atoms with E-state index in [0.717, 1.165) is 22.5 Å². The molecule has 1 aromatic heterocycles. The van der Waals surface area contributed by atoms with Crippen molar-refractivity contribution < 1.29 is 4.79 Å². The first-order chi connectivity index (χ1) is 15.6. The lowest BCUT2D eigenvalue weighted by Crippen LogP contribution is -2.15. The standard InChI is InChI=1S/C25H24N6O/c1-17(32)29-20-12-14-21(15-13-20)30-24-22(26)25(28-16-27-24)31-23(18-8-4-2-5-9-18)19-10-6-3-7-11-19/h2-16,23H,26H2,1H3,(H,29,32)(H2,27,28,30,31). The molecule has 0 bridgehead atoms. The normalized spacial score (nSPS) is 10.6. The SMILES string of the molecule is CC(=O)Nc1ccc(Nc2ncnc(NC(c3ccccc3)c3ccccc3)c2N)cc1. The number of nitrogens with two attached hydrogens (primary N) is 1. The van der Waals surface area contributed by atoms with Gasteiger partial charge in [0.1, 0.15) is 12.0 Å². The molecule has 0 unspecified atom stereocenters. The van der Waals surface area contributed by atoms with Crippen LogP contribution in [0.5, 0.6) is 0 Å². The van der Waals surface area contributed by atoms with Crippen LogP contribution in [0.2, 0.25) is 0 Å². The Kier molecular flexibility index (Phi) is 6.27. The number of nitrogen functional groups attached to an aromatic ring is 1. The van der Waals surface area contributed by atoms with Gasteiger partial charge in [-0.05, 0) is 35.4 Å². The van der Waals surface area contributed by atoms with Crippen LogP contribution in [0.25, 0.3) is 0 Å². The van der Waals surface area contributed by atoms with Gasteiger partial charge in [0.2, 0.25) is 5.91 Å². The molecule has 0 atom stereocenters. The van der Waals surface area contributed by atoms with E-state index in [1.807, 2.05) is 48.5 Å². The molecule has 32 heavy (non-hydrogen) atoms. The van der Waals surface area contributed by atoms with Gasteiger partial charge in [-0.3, -0.25) is 4.79 Å². The Morgan fingerprint density at radius 1 is 0.781 bits per heavy atom. The highest BCUT2D eigenvalue weighted by Gasteiger charge is 2.17. The second-order valence-electron chi connectivity index (χ2n) is 7.27. The maximum absolute atomic E-state index is 11.2. The Hall–Kier alpha value is -4.39. The predicted molar refractivity (Wildman–Crippen MR) is 129 cm³/mol. The van der Waals surface area contributed by atoms with E-state index in [1.165, 1.54) is 13.3 Å². The summed E-state index contributed by atoms with van der Waals surface area (Å²) in [5.41, 5.74) is 10.5. The van der Waals surface area contributed by atoms with Crippen molar-refractivity contribution in [1.82, 2.24) is 9.97 Å². The Balaban J connectivity index is 1.59. The summed E-state index contributed by atoms with van der Waals surface area (Å²) in [7, 11) is 0. The Morgan fingerprint density at radius 3 is 1.88 bits per heavy atom. The fourth-order valence-electron chi connectivity index (χ4n) is 3.37. The number of carbonyl (C=O) groups excluding carboxylic acids is 1. The van der Waals surface area contributed by atoms with E-state index in [1.54, 1.807) is 12.1 Å². The van der Waals surface area contributed by atoms with E-state index in [9.17, 15) is 4.79 Å². The van der Waals surface area contributed by atoms with Crippen LogP contribution in [-0.4, -0.2) is 15.9 Å². The maximum atomic E-state index is 11.2. The van der Waals surface area contributed by atoms with Crippen LogP contribution in [-0.2, 0) is 4.79 Å². The lowest BCUT2D eigenvalue weighted by Gasteiger charge is -2.22. The summed E-state index contributed by atoms with van der Waals surface area (Å²) in [6.07, 6.45) is 1.47. The van der Waals surface area contributed by atoms with Gasteiger partial charge in [-0.25, -0.2) is 9.97 Å². The van der Waals surface area contributed by atoms with Crippen molar-refractivity contribution in [2.24, 2.45) is 0 Å². The van der Waals surface area contributed by atoms with Crippen molar-refractivity contribution in [2.45, 2.75) is 13.0 Å². The van der Waals surface area contributed by atoms with Crippen molar-refractivity contribution in [3.63, 3.8) is 0 Å². The molecule has 5 N–H and O–H groups in total. The molecule has 0 saturated heterocycles. The molecule has 0 saturated carbocycles. The minimum Gasteiger partial charge on any atom is -0.393 e. The number of nitrogens with zero attached hydrogens (tertiary/aromatic N) is 2. The van der Waals surface area contributed by atoms with Gasteiger partial charge in [0.15, 0.2) is 11.6 Å². The summed E-state index contributed by atoms with van der Waals surface area (Å²) >= 11 is 0. The third kappa shape index (κ3) is 5.02. The number of rotatable bonds is 7. The van der Waals surface area contributed by atoms with Gasteiger partial charge in [-0.2, -0.15) is 0 Å². The van der Waals surface area contributed by atoms with Gasteiger partial charge in [-0.1, -0.05) is 60.7 Å². The second kappa shape index (κ2) is 9.61. The van der Waals surface area contributed by atoms with Gasteiger partial charge in [0.05, 0.1) is 6.04 Å². The van der Waals surface area contributed by atoms with Gasteiger partial charge in [0.25, 0.3) is 0 Å². The largest absolute Gasteiger partial charge is 0.393 e. The third-order valence-electron chi connectivity index (χ3n) is 4.90. The molecule has 0 fully saturated rings. The molecular formula is C25H24N6O. The highest BCUT2D eigenvalue weighted by molar-refractivity contribution is 5.89. The van der Waals surface area contributed by atoms with E-state index in [0.29, 0.717) is 17.3 Å². The number of amides is 1. The average molecular weight is 425 g/mol. The minimum absolute atomic E-state index is 0.118. The number of benzene rings is 3. The molecule has 1 amide bonds. The predicted octanol–water partition coefficient (Wildman–Crippen LogP) is 4.96. The molecule has 0 radical (unpaired) electrons. The van der Waals surface area contributed by atoms with Gasteiger partial charge in [-0.15, -0.1) is 0 Å². The molecule has 4 aromatic rings. The quantitative estimate of drug-likeness (QED) is 0.334. The zero-order valence-corrected chi connectivity index (χ0v) is 17.6. The van der Waals surface area contributed by atoms with Crippen molar-refractivity contribution in [1.29, 1.82) is 0 Å². The molecule has 0 spiro atoms. The number of carbonyl (C=O) groups is 1. The summed E-state index contributed by atoms with van der Waals surface area (Å²) in [6, 6.07) is 27.5. The first-order valence-electron chi connectivity index (χ1n) is 10.2. The zero-order valence-electron chi connectivity index (χ0n) is 17.6. The Morgan fingerprint density at radius 2 is 1.31 bits per heavy atom. The fourth-order valence-corrected chi connectivity index (χ4v) is 3.37. The molecule has 1 heterocycles. The highest BCUT2D eigenvalue weighted by atomic mass is 16.1. The Bertz CT molecular complexity index is 1140. The zero-order chi connectivity index (χ0) is 22.3. The van der Waals surface area contributed by atoms with E-state index in [4.69, 9.17) is 5.73 Å². The molecular weight excluding hydrogens is 400 g/mol. The monoisotopic (exact) mass is 424 g/mol. The van der Waals surface area contributed by atoms with Crippen LogP contribution < -0.4 is 21.7 Å². The molecule has 0 aliphatic rings. The lowest BCUT2D eigenvalue weighted by atomic mass is 9.99. The van der Waals surface area contributed by atoms with E-state index in [-0.39, 0.29) is 11.9 Å². The molecule has 7 heteroatoms. The van der Waals surface area contributed by atoms with E-state index in [2.05, 4.69) is 50.2 Å². The van der Waals surface area contributed by atoms with Crippen LogP contribution in [0.3, 0.4) is 0 Å². The second-order valence-corrected chi connectivity index (χ2v) is 7.27. The van der Waals surface area contributed by atoms with Gasteiger partial charge < -0.3 is 21.7 Å². The summed E-state index contributed by atoms with van der Waals surface area (Å²) in [4.78, 5) is 19.9. The van der Waals surface area contributed by atoms with Crippen LogP contribution in [0.4, 0.5) is 28.7 Å². The van der Waals surface area contributed by atoms with Gasteiger partial charge >= 0.3 is 0 Å². The Labute approximate surface area is 186 Å². The summed E-state index contributed by atoms with van der Waals surface area (Å²) in [6.45, 7) is 1.47. The highest BCUT2D eigenvalue weighted by Crippen LogP contribution is 2.31. The smallest absolute Gasteiger partial charge is 0.221 e. The number of hydrogen-bond donors (Lipinski definition) is 4. The van der Waals surface area contributed by atoms with E-state index >= 15 is 0 Å². The van der Waals surface area contributed by atoms with E-state index < -0.39 is 0 Å². The topological polar surface area (TPSA) is 105 Å². The molecule has 160 valence electrons. The summed E-state index contributed by atoms with van der Waals surface area (Å²) in [5.74, 6) is 0.914. The first kappa shape index (κ1) is 20.9. The van der Waals surface area contributed by atoms with Crippen molar-refractivity contribution in [3.8, 4) is 0 Å². The van der Waals surface area contributed by atoms with Crippen LogP contribution in [0.15, 0.2) is 91.3 Å². The fraction of sp³-hybridized carbons (Fsp3) is 0.0800. The molecule has 4 rings (SSSR count). The minimum atomic E-state index is -0.126. The van der Waals surface area contributed by atoms with Crippen molar-refractivity contribution in [3.05, 3.63) is 102 Å². The van der Waals surface area contributed by atoms with Crippen molar-refractivity contribution in [2.75, 3.05) is 21.7 Å².